The van der Waals surface area contributed by atoms with E-state index in [9.17, 15) is 4.79 Å². The number of ether oxygens (including phenoxy) is 2. The third-order valence-corrected chi connectivity index (χ3v) is 12.5. The van der Waals surface area contributed by atoms with Gasteiger partial charge in [-0.15, -0.1) is 0 Å². The number of fused-ring (bicyclic) bond motifs is 6. The van der Waals surface area contributed by atoms with Crippen LogP contribution in [0, 0.1) is 39.4 Å². The Morgan fingerprint density at radius 2 is 1.61 bits per heavy atom. The van der Waals surface area contributed by atoms with Crippen LogP contribution in [-0.4, -0.2) is 29.7 Å². The van der Waals surface area contributed by atoms with Gasteiger partial charge in [0.15, 0.2) is 0 Å². The second-order valence-corrected chi connectivity index (χ2v) is 14.7. The summed E-state index contributed by atoms with van der Waals surface area (Å²) in [5.74, 6) is 2.33. The van der Waals surface area contributed by atoms with Crippen LogP contribution in [0.2, 0.25) is 0 Å². The molecule has 1 unspecified atom stereocenters. The van der Waals surface area contributed by atoms with Crippen molar-refractivity contribution in [2.45, 2.75) is 131 Å². The number of rotatable bonds is 1. The molecule has 9 atom stereocenters. The molecule has 3 saturated carbocycles. The second-order valence-electron chi connectivity index (χ2n) is 14.7. The summed E-state index contributed by atoms with van der Waals surface area (Å²) in [5.41, 5.74) is 4.04. The van der Waals surface area contributed by atoms with Gasteiger partial charge >= 0.3 is 0 Å². The van der Waals surface area contributed by atoms with Crippen molar-refractivity contribution in [3.63, 3.8) is 0 Å². The number of carbonyl (C=O) groups is 1. The molecule has 3 nitrogen and oxygen atoms in total. The van der Waals surface area contributed by atoms with Crippen LogP contribution < -0.4 is 0 Å². The van der Waals surface area contributed by atoms with E-state index in [1.165, 1.54) is 25.7 Å². The summed E-state index contributed by atoms with van der Waals surface area (Å²) in [6.07, 6.45) is 9.91. The topological polar surface area (TPSA) is 38.8 Å². The fraction of sp³-hybridized carbons (Fsp3) is 0.900. The molecule has 2 aliphatic heterocycles. The standard InChI is InChI=1S/C30H46O3/c1-17-15-19(25-27(4,5)33-25)32-20-16-30(8)18(24(17)20)9-10-22-28(6)13-12-23(31)26(2,3)21(28)11-14-29(22,30)7/h17,19-22,25H,9-16H2,1-8H3/t17-,19+,20+,21?,22+,25-,28+,29+,30+/m1/s1. The minimum absolute atomic E-state index is 0.0143. The van der Waals surface area contributed by atoms with Gasteiger partial charge in [-0.25, -0.2) is 0 Å². The molecular formula is C30H46O3. The fourth-order valence-corrected chi connectivity index (χ4v) is 10.6. The molecule has 0 N–H and O–H groups in total. The summed E-state index contributed by atoms with van der Waals surface area (Å²) in [6, 6.07) is 0. The first-order chi connectivity index (χ1) is 15.3. The lowest BCUT2D eigenvalue weighted by Gasteiger charge is -2.68. The Morgan fingerprint density at radius 3 is 2.27 bits per heavy atom. The van der Waals surface area contributed by atoms with Gasteiger partial charge in [0.2, 0.25) is 0 Å². The molecule has 6 rings (SSSR count). The van der Waals surface area contributed by atoms with Crippen molar-refractivity contribution in [1.82, 2.24) is 0 Å². The number of ketones is 1. The summed E-state index contributed by atoms with van der Waals surface area (Å²) < 4.78 is 12.9. The Hall–Kier alpha value is -0.670. The largest absolute Gasteiger partial charge is 0.368 e. The highest BCUT2D eigenvalue weighted by Crippen LogP contribution is 2.74. The molecular weight excluding hydrogens is 408 g/mol. The first-order valence-electron chi connectivity index (χ1n) is 13.9. The minimum Gasteiger partial charge on any atom is -0.368 e. The zero-order chi connectivity index (χ0) is 23.8. The molecule has 0 bridgehead atoms. The highest BCUT2D eigenvalue weighted by atomic mass is 16.6. The maximum atomic E-state index is 12.9. The van der Waals surface area contributed by atoms with Crippen molar-refractivity contribution in [3.8, 4) is 0 Å². The number of Topliss-reactive ketones (excluding diaryl/α,β-unsaturated/α-hetero) is 1. The van der Waals surface area contributed by atoms with E-state index in [-0.39, 0.29) is 40.2 Å². The Labute approximate surface area is 201 Å². The monoisotopic (exact) mass is 454 g/mol. The predicted molar refractivity (Wildman–Crippen MR) is 131 cm³/mol. The van der Waals surface area contributed by atoms with Crippen molar-refractivity contribution in [1.29, 1.82) is 0 Å². The highest BCUT2D eigenvalue weighted by molar-refractivity contribution is 5.85. The number of carbonyl (C=O) groups excluding carboxylic acids is 1. The molecule has 184 valence electrons. The van der Waals surface area contributed by atoms with Crippen LogP contribution in [0.25, 0.3) is 0 Å². The molecule has 0 aromatic heterocycles. The van der Waals surface area contributed by atoms with Gasteiger partial charge in [-0.1, -0.05) is 47.1 Å². The van der Waals surface area contributed by atoms with Gasteiger partial charge in [-0.2, -0.15) is 0 Å². The van der Waals surface area contributed by atoms with Crippen LogP contribution in [0.5, 0.6) is 0 Å². The smallest absolute Gasteiger partial charge is 0.138 e. The van der Waals surface area contributed by atoms with Gasteiger partial charge in [0.25, 0.3) is 0 Å². The van der Waals surface area contributed by atoms with Crippen LogP contribution in [0.3, 0.4) is 0 Å². The number of hydrogen-bond donors (Lipinski definition) is 0. The van der Waals surface area contributed by atoms with E-state index in [1.54, 1.807) is 11.1 Å². The average molecular weight is 455 g/mol. The molecule has 6 aliphatic rings. The molecule has 33 heavy (non-hydrogen) atoms. The summed E-state index contributed by atoms with van der Waals surface area (Å²) in [7, 11) is 0. The van der Waals surface area contributed by atoms with E-state index < -0.39 is 0 Å². The highest BCUT2D eigenvalue weighted by Gasteiger charge is 2.68. The molecule has 0 amide bonds. The lowest BCUT2D eigenvalue weighted by Crippen LogP contribution is -2.62. The van der Waals surface area contributed by atoms with Crippen LogP contribution in [-0.2, 0) is 14.3 Å². The van der Waals surface area contributed by atoms with Gasteiger partial charge in [0.05, 0.1) is 17.8 Å². The molecule has 2 heterocycles. The quantitative estimate of drug-likeness (QED) is 0.320. The zero-order valence-corrected chi connectivity index (χ0v) is 22.3. The second kappa shape index (κ2) is 6.55. The molecule has 3 heteroatoms. The van der Waals surface area contributed by atoms with Crippen molar-refractivity contribution < 1.29 is 14.3 Å². The van der Waals surface area contributed by atoms with Gasteiger partial charge in [0.1, 0.15) is 11.9 Å². The van der Waals surface area contributed by atoms with E-state index in [0.717, 1.165) is 25.7 Å². The van der Waals surface area contributed by atoms with Crippen LogP contribution in [0.1, 0.15) is 107 Å². The summed E-state index contributed by atoms with van der Waals surface area (Å²) in [6.45, 7) is 19.2. The van der Waals surface area contributed by atoms with Crippen LogP contribution in [0.4, 0.5) is 0 Å². The third-order valence-electron chi connectivity index (χ3n) is 12.5. The minimum atomic E-state index is -0.167. The maximum Gasteiger partial charge on any atom is 0.138 e. The normalized spacial score (nSPS) is 54.2. The Morgan fingerprint density at radius 1 is 0.909 bits per heavy atom. The molecule has 0 radical (unpaired) electrons. The predicted octanol–water partition coefficient (Wildman–Crippen LogP) is 6.89. The first kappa shape index (κ1) is 22.8. The molecule has 0 aromatic carbocycles. The Bertz CT molecular complexity index is 929. The van der Waals surface area contributed by atoms with E-state index in [1.807, 2.05) is 0 Å². The molecule has 5 fully saturated rings. The van der Waals surface area contributed by atoms with E-state index >= 15 is 0 Å². The zero-order valence-electron chi connectivity index (χ0n) is 22.3. The SMILES string of the molecule is C[C@@H]1C[C@@H]([C@H]2OC2(C)C)O[C@H]2C[C@@]3(C)C(=C12)CC[C@H]1[C@@]2(C)CCC(=O)C(C)(C)C2CC[C@@]13C. The number of epoxide rings is 1. The van der Waals surface area contributed by atoms with Gasteiger partial charge < -0.3 is 9.47 Å². The molecule has 4 aliphatic carbocycles. The van der Waals surface area contributed by atoms with E-state index in [2.05, 4.69) is 55.4 Å². The lowest BCUT2D eigenvalue weighted by molar-refractivity contribution is -0.183. The summed E-state index contributed by atoms with van der Waals surface area (Å²) >= 11 is 0. The maximum absolute atomic E-state index is 12.9. The van der Waals surface area contributed by atoms with Crippen molar-refractivity contribution in [3.05, 3.63) is 11.1 Å². The summed E-state index contributed by atoms with van der Waals surface area (Å²) in [5, 5.41) is 0. The fourth-order valence-electron chi connectivity index (χ4n) is 10.6. The molecule has 0 aromatic rings. The molecule has 0 spiro atoms. The Balaban J connectivity index is 1.35. The van der Waals surface area contributed by atoms with E-state index in [4.69, 9.17) is 9.47 Å². The van der Waals surface area contributed by atoms with Gasteiger partial charge in [-0.05, 0) is 98.4 Å². The summed E-state index contributed by atoms with van der Waals surface area (Å²) in [4.78, 5) is 12.9. The van der Waals surface area contributed by atoms with Crippen LogP contribution >= 0.6 is 0 Å². The van der Waals surface area contributed by atoms with Gasteiger partial charge in [0, 0.05) is 11.8 Å². The van der Waals surface area contributed by atoms with Crippen molar-refractivity contribution in [2.75, 3.05) is 0 Å². The number of hydrogen-bond acceptors (Lipinski definition) is 3. The van der Waals surface area contributed by atoms with Crippen molar-refractivity contribution >= 4 is 5.78 Å². The Kier molecular flexibility index (Phi) is 4.52. The average Bonchev–Trinajstić information content (AvgIpc) is 3.23. The third kappa shape index (κ3) is 2.73. The number of allylic oxidation sites excluding steroid dienone is 1. The van der Waals surface area contributed by atoms with Crippen LogP contribution in [0.15, 0.2) is 11.1 Å². The van der Waals surface area contributed by atoms with E-state index in [0.29, 0.717) is 29.0 Å². The van der Waals surface area contributed by atoms with Gasteiger partial charge in [-0.3, -0.25) is 4.79 Å². The van der Waals surface area contributed by atoms with Crippen molar-refractivity contribution in [2.24, 2.45) is 39.4 Å². The molecule has 2 saturated heterocycles. The first-order valence-corrected chi connectivity index (χ1v) is 13.9. The lowest BCUT2D eigenvalue weighted by atomic mass is 9.36.